The van der Waals surface area contributed by atoms with Crippen molar-refractivity contribution < 1.29 is 9.18 Å². The van der Waals surface area contributed by atoms with E-state index in [0.29, 0.717) is 17.1 Å². The highest BCUT2D eigenvalue weighted by Crippen LogP contribution is 2.46. The molecule has 0 bridgehead atoms. The molecule has 2 aromatic carbocycles. The first kappa shape index (κ1) is 18.5. The standard InChI is InChI=1S/C20H13Cl2FN4O/c1-20(18(28)26-19-25-6-7-27(19)20)16(12-4-2-11(10-24)3-5-12)13-8-14(21)17(23)15(22)9-13/h2-9,16H,1H3,(H,25,26,28)/t16-,20?/m1/s1. The number of fused-ring (bicyclic) bond motifs is 1. The average molecular weight is 415 g/mol. The van der Waals surface area contributed by atoms with Crippen LogP contribution in [0.1, 0.15) is 29.5 Å². The number of aromatic nitrogens is 2. The summed E-state index contributed by atoms with van der Waals surface area (Å²) in [7, 11) is 0. The number of anilines is 1. The summed E-state index contributed by atoms with van der Waals surface area (Å²) in [4.78, 5) is 17.2. The van der Waals surface area contributed by atoms with Crippen LogP contribution in [-0.4, -0.2) is 15.5 Å². The number of nitrogens with zero attached hydrogens (tertiary/aromatic N) is 3. The number of amides is 1. The molecule has 0 aliphatic carbocycles. The van der Waals surface area contributed by atoms with E-state index in [0.717, 1.165) is 5.56 Å². The number of carbonyl (C=O) groups is 1. The zero-order valence-corrected chi connectivity index (χ0v) is 16.1. The van der Waals surface area contributed by atoms with Gasteiger partial charge in [-0.15, -0.1) is 0 Å². The van der Waals surface area contributed by atoms with E-state index in [4.69, 9.17) is 28.5 Å². The average Bonchev–Trinajstić information content (AvgIpc) is 3.23. The molecule has 1 aliphatic rings. The summed E-state index contributed by atoms with van der Waals surface area (Å²) < 4.78 is 15.8. The lowest BCUT2D eigenvalue weighted by molar-refractivity contribution is -0.122. The minimum atomic E-state index is -1.11. The molecule has 1 N–H and O–H groups in total. The Morgan fingerprint density at radius 2 is 1.86 bits per heavy atom. The van der Waals surface area contributed by atoms with Crippen molar-refractivity contribution in [2.24, 2.45) is 0 Å². The molecule has 3 aromatic rings. The Morgan fingerprint density at radius 3 is 2.46 bits per heavy atom. The second kappa shape index (κ2) is 6.62. The van der Waals surface area contributed by atoms with Gasteiger partial charge in [0.1, 0.15) is 5.54 Å². The maximum Gasteiger partial charge on any atom is 0.253 e. The third kappa shape index (κ3) is 2.67. The zero-order chi connectivity index (χ0) is 20.1. The van der Waals surface area contributed by atoms with Gasteiger partial charge in [-0.2, -0.15) is 5.26 Å². The highest BCUT2D eigenvalue weighted by molar-refractivity contribution is 6.35. The first-order chi connectivity index (χ1) is 13.4. The predicted molar refractivity (Wildman–Crippen MR) is 104 cm³/mol. The monoisotopic (exact) mass is 414 g/mol. The van der Waals surface area contributed by atoms with Gasteiger partial charge in [0.25, 0.3) is 5.91 Å². The molecule has 1 aliphatic heterocycles. The molecule has 4 rings (SSSR count). The Morgan fingerprint density at radius 1 is 1.21 bits per heavy atom. The normalized spacial score (nSPS) is 19.0. The van der Waals surface area contributed by atoms with Gasteiger partial charge in [-0.1, -0.05) is 35.3 Å². The fraction of sp³-hybridized carbons (Fsp3) is 0.150. The van der Waals surface area contributed by atoms with E-state index in [-0.39, 0.29) is 16.0 Å². The Kier molecular flexibility index (Phi) is 4.37. The number of hydrogen-bond acceptors (Lipinski definition) is 3. The van der Waals surface area contributed by atoms with Gasteiger partial charge in [-0.25, -0.2) is 9.37 Å². The summed E-state index contributed by atoms with van der Waals surface area (Å²) in [5.41, 5.74) is 0.698. The van der Waals surface area contributed by atoms with E-state index in [1.807, 2.05) is 0 Å². The summed E-state index contributed by atoms with van der Waals surface area (Å²) in [5.74, 6) is -1.12. The summed E-state index contributed by atoms with van der Waals surface area (Å²) in [6.07, 6.45) is 3.30. The predicted octanol–water partition coefficient (Wildman–Crippen LogP) is 4.70. The molecule has 2 heterocycles. The van der Waals surface area contributed by atoms with Crippen LogP contribution in [0.2, 0.25) is 10.0 Å². The third-order valence-electron chi connectivity index (χ3n) is 5.10. The molecule has 0 radical (unpaired) electrons. The van der Waals surface area contributed by atoms with E-state index < -0.39 is 17.3 Å². The fourth-order valence-electron chi connectivity index (χ4n) is 3.71. The van der Waals surface area contributed by atoms with Crippen molar-refractivity contribution in [3.05, 3.63) is 81.3 Å². The molecule has 1 aromatic heterocycles. The van der Waals surface area contributed by atoms with Crippen LogP contribution in [0.4, 0.5) is 10.3 Å². The Bertz CT molecular complexity index is 1110. The van der Waals surface area contributed by atoms with E-state index >= 15 is 0 Å². The molecule has 2 atom stereocenters. The van der Waals surface area contributed by atoms with Gasteiger partial charge in [-0.05, 0) is 42.3 Å². The van der Waals surface area contributed by atoms with Gasteiger partial charge in [0.15, 0.2) is 5.82 Å². The molecule has 0 saturated heterocycles. The largest absolute Gasteiger partial charge is 0.301 e. The molecule has 5 nitrogen and oxygen atoms in total. The lowest BCUT2D eigenvalue weighted by Crippen LogP contribution is -2.42. The van der Waals surface area contributed by atoms with Crippen LogP contribution in [0.5, 0.6) is 0 Å². The molecular weight excluding hydrogens is 402 g/mol. The zero-order valence-electron chi connectivity index (χ0n) is 14.6. The van der Waals surface area contributed by atoms with Crippen molar-refractivity contribution in [3.63, 3.8) is 0 Å². The molecule has 1 amide bonds. The van der Waals surface area contributed by atoms with Gasteiger partial charge < -0.3 is 4.57 Å². The van der Waals surface area contributed by atoms with Gasteiger partial charge in [-0.3, -0.25) is 10.1 Å². The maximum atomic E-state index is 14.0. The van der Waals surface area contributed by atoms with Gasteiger partial charge in [0.05, 0.1) is 21.7 Å². The summed E-state index contributed by atoms with van der Waals surface area (Å²) in [5, 5.41) is 11.6. The second-order valence-corrected chi connectivity index (χ2v) is 7.50. The van der Waals surface area contributed by atoms with Crippen LogP contribution in [-0.2, 0) is 10.3 Å². The number of rotatable bonds is 3. The number of nitrogens with one attached hydrogen (secondary N) is 1. The Balaban J connectivity index is 1.97. The van der Waals surface area contributed by atoms with Gasteiger partial charge in [0.2, 0.25) is 5.95 Å². The fourth-order valence-corrected chi connectivity index (χ4v) is 4.22. The Hall–Kier alpha value is -2.88. The highest BCUT2D eigenvalue weighted by atomic mass is 35.5. The number of nitriles is 1. The van der Waals surface area contributed by atoms with Crippen molar-refractivity contribution in [2.75, 3.05) is 5.32 Å². The van der Waals surface area contributed by atoms with Gasteiger partial charge in [0, 0.05) is 18.3 Å². The number of halogens is 3. The van der Waals surface area contributed by atoms with E-state index in [1.165, 1.54) is 12.1 Å². The summed E-state index contributed by atoms with van der Waals surface area (Å²) in [6, 6.07) is 11.9. The molecule has 28 heavy (non-hydrogen) atoms. The van der Waals surface area contributed by atoms with Crippen molar-refractivity contribution in [1.29, 1.82) is 5.26 Å². The number of hydrogen-bond donors (Lipinski definition) is 1. The minimum Gasteiger partial charge on any atom is -0.301 e. The van der Waals surface area contributed by atoms with Crippen LogP contribution < -0.4 is 5.32 Å². The SMILES string of the molecule is CC1([C@H](c2ccc(C#N)cc2)c2cc(Cl)c(F)c(Cl)c2)C(=O)Nc2nccn21. The second-order valence-electron chi connectivity index (χ2n) is 6.69. The molecule has 0 spiro atoms. The minimum absolute atomic E-state index is 0.131. The van der Waals surface area contributed by atoms with Crippen molar-refractivity contribution in [2.45, 2.75) is 18.4 Å². The highest BCUT2D eigenvalue weighted by Gasteiger charge is 2.50. The first-order valence-corrected chi connectivity index (χ1v) is 9.11. The van der Waals surface area contributed by atoms with E-state index in [2.05, 4.69) is 16.4 Å². The van der Waals surface area contributed by atoms with Crippen LogP contribution in [0.15, 0.2) is 48.8 Å². The van der Waals surface area contributed by atoms with Crippen LogP contribution in [0, 0.1) is 17.1 Å². The van der Waals surface area contributed by atoms with Gasteiger partial charge >= 0.3 is 0 Å². The maximum absolute atomic E-state index is 14.0. The van der Waals surface area contributed by atoms with E-state index in [1.54, 1.807) is 48.1 Å². The number of imidazole rings is 1. The lowest BCUT2D eigenvalue weighted by Gasteiger charge is -2.34. The smallest absolute Gasteiger partial charge is 0.253 e. The lowest BCUT2D eigenvalue weighted by atomic mass is 9.75. The summed E-state index contributed by atoms with van der Waals surface area (Å²) in [6.45, 7) is 1.77. The van der Waals surface area contributed by atoms with Crippen molar-refractivity contribution in [3.8, 4) is 6.07 Å². The van der Waals surface area contributed by atoms with E-state index in [9.17, 15) is 9.18 Å². The topological polar surface area (TPSA) is 70.7 Å². The number of carbonyl (C=O) groups excluding carboxylic acids is 1. The third-order valence-corrected chi connectivity index (χ3v) is 5.65. The van der Waals surface area contributed by atoms with Crippen LogP contribution >= 0.6 is 23.2 Å². The molecule has 1 unspecified atom stereocenters. The summed E-state index contributed by atoms with van der Waals surface area (Å²) >= 11 is 12.1. The van der Waals surface area contributed by atoms with Crippen LogP contribution in [0.3, 0.4) is 0 Å². The van der Waals surface area contributed by atoms with Crippen molar-refractivity contribution in [1.82, 2.24) is 9.55 Å². The molecule has 140 valence electrons. The molecule has 0 fully saturated rings. The molecule has 0 saturated carbocycles. The van der Waals surface area contributed by atoms with Crippen LogP contribution in [0.25, 0.3) is 0 Å². The number of benzene rings is 2. The Labute approximate surface area is 170 Å². The first-order valence-electron chi connectivity index (χ1n) is 8.36. The molecule has 8 heteroatoms. The quantitative estimate of drug-likeness (QED) is 0.631. The van der Waals surface area contributed by atoms with Crippen molar-refractivity contribution >= 4 is 35.1 Å². The molecular formula is C20H13Cl2FN4O.